The molecule has 0 spiro atoms. The molecule has 2 heterocycles. The molecule has 1 saturated heterocycles. The van der Waals surface area contributed by atoms with Crippen molar-refractivity contribution < 1.29 is 4.79 Å². The molecule has 0 aliphatic carbocycles. The molecule has 2 atom stereocenters. The summed E-state index contributed by atoms with van der Waals surface area (Å²) in [5, 5.41) is 4.47. The lowest BCUT2D eigenvalue weighted by Crippen LogP contribution is -2.51. The van der Waals surface area contributed by atoms with E-state index in [-0.39, 0.29) is 30.4 Å². The number of carbonyl (C=O) groups is 1. The lowest BCUT2D eigenvalue weighted by molar-refractivity contribution is 0.0583. The Balaban J connectivity index is 0.00000225. The summed E-state index contributed by atoms with van der Waals surface area (Å²) < 4.78 is 1.85. The Labute approximate surface area is 155 Å². The van der Waals surface area contributed by atoms with Crippen LogP contribution in [-0.2, 0) is 0 Å². The zero-order valence-electron chi connectivity index (χ0n) is 15.1. The van der Waals surface area contributed by atoms with E-state index in [2.05, 4.69) is 18.1 Å². The van der Waals surface area contributed by atoms with Crippen LogP contribution in [0.4, 0.5) is 0 Å². The molecule has 2 N–H and O–H groups in total. The highest BCUT2D eigenvalue weighted by Gasteiger charge is 2.31. The molecule has 25 heavy (non-hydrogen) atoms. The number of para-hydroxylation sites is 1. The SMILES string of the molecule is Cc1ccccc1-n1ncc(C(=O)N2CCCCC2C(C)N)c1C.Cl. The molecule has 1 aliphatic heterocycles. The lowest BCUT2D eigenvalue weighted by Gasteiger charge is -2.38. The van der Waals surface area contributed by atoms with Crippen molar-refractivity contribution in [2.24, 2.45) is 5.73 Å². The predicted molar refractivity (Wildman–Crippen MR) is 103 cm³/mol. The number of benzene rings is 1. The first kappa shape index (κ1) is 19.5. The molecule has 1 amide bonds. The van der Waals surface area contributed by atoms with E-state index in [1.807, 2.05) is 41.6 Å². The molecule has 3 rings (SSSR count). The Hall–Kier alpha value is -1.85. The largest absolute Gasteiger partial charge is 0.334 e. The lowest BCUT2D eigenvalue weighted by atomic mass is 9.96. The highest BCUT2D eigenvalue weighted by atomic mass is 35.5. The van der Waals surface area contributed by atoms with Crippen molar-refractivity contribution in [2.45, 2.75) is 52.1 Å². The second kappa shape index (κ2) is 8.02. The third-order valence-corrected chi connectivity index (χ3v) is 5.00. The number of piperidine rings is 1. The summed E-state index contributed by atoms with van der Waals surface area (Å²) >= 11 is 0. The van der Waals surface area contributed by atoms with E-state index in [0.717, 1.165) is 42.8 Å². The number of hydrogen-bond acceptors (Lipinski definition) is 3. The number of nitrogens with two attached hydrogens (primary N) is 1. The summed E-state index contributed by atoms with van der Waals surface area (Å²) in [6, 6.07) is 8.17. The van der Waals surface area contributed by atoms with Crippen LogP contribution in [0.3, 0.4) is 0 Å². The Morgan fingerprint density at radius 1 is 1.28 bits per heavy atom. The molecule has 2 unspecified atom stereocenters. The van der Waals surface area contributed by atoms with Gasteiger partial charge in [0.1, 0.15) is 0 Å². The molecule has 1 aromatic heterocycles. The summed E-state index contributed by atoms with van der Waals surface area (Å²) in [6.45, 7) is 6.77. The maximum atomic E-state index is 13.1. The molecular weight excluding hydrogens is 336 g/mol. The Bertz CT molecular complexity index is 741. The second-order valence-corrected chi connectivity index (χ2v) is 6.76. The zero-order chi connectivity index (χ0) is 17.3. The molecular formula is C19H27ClN4O. The standard InChI is InChI=1S/C19H26N4O.ClH/c1-13-8-4-5-9-17(13)23-15(3)16(12-21-23)19(24)22-11-7-6-10-18(22)14(2)20;/h4-5,8-9,12,14,18H,6-7,10-11,20H2,1-3H3;1H. The van der Waals surface area contributed by atoms with Crippen molar-refractivity contribution in [1.82, 2.24) is 14.7 Å². The maximum Gasteiger partial charge on any atom is 0.257 e. The van der Waals surface area contributed by atoms with Crippen molar-refractivity contribution in [2.75, 3.05) is 6.54 Å². The second-order valence-electron chi connectivity index (χ2n) is 6.76. The number of aromatic nitrogens is 2. The molecule has 2 aromatic rings. The van der Waals surface area contributed by atoms with E-state index in [1.165, 1.54) is 0 Å². The molecule has 1 aliphatic rings. The average Bonchev–Trinajstić information content (AvgIpc) is 2.96. The molecule has 1 aromatic carbocycles. The van der Waals surface area contributed by atoms with Crippen LogP contribution in [0.15, 0.2) is 30.5 Å². The van der Waals surface area contributed by atoms with Crippen molar-refractivity contribution >= 4 is 18.3 Å². The van der Waals surface area contributed by atoms with Crippen LogP contribution in [0.5, 0.6) is 0 Å². The Morgan fingerprint density at radius 2 is 2.00 bits per heavy atom. The van der Waals surface area contributed by atoms with Gasteiger partial charge in [0, 0.05) is 18.6 Å². The number of carbonyl (C=O) groups excluding carboxylic acids is 1. The van der Waals surface area contributed by atoms with Gasteiger partial charge in [-0.3, -0.25) is 4.79 Å². The number of amides is 1. The molecule has 0 bridgehead atoms. The van der Waals surface area contributed by atoms with Gasteiger partial charge in [-0.05, 0) is 51.7 Å². The highest BCUT2D eigenvalue weighted by Crippen LogP contribution is 2.24. The highest BCUT2D eigenvalue weighted by molar-refractivity contribution is 5.95. The third-order valence-electron chi connectivity index (χ3n) is 5.00. The van der Waals surface area contributed by atoms with Crippen LogP contribution in [0.1, 0.15) is 47.8 Å². The van der Waals surface area contributed by atoms with Gasteiger partial charge in [-0.1, -0.05) is 18.2 Å². The van der Waals surface area contributed by atoms with Gasteiger partial charge < -0.3 is 10.6 Å². The predicted octanol–water partition coefficient (Wildman–Crippen LogP) is 3.25. The monoisotopic (exact) mass is 362 g/mol. The van der Waals surface area contributed by atoms with Crippen molar-refractivity contribution in [3.05, 3.63) is 47.3 Å². The fourth-order valence-electron chi connectivity index (χ4n) is 3.57. The van der Waals surface area contributed by atoms with E-state index < -0.39 is 0 Å². The molecule has 6 heteroatoms. The first-order valence-electron chi connectivity index (χ1n) is 8.68. The first-order valence-corrected chi connectivity index (χ1v) is 8.68. The number of nitrogens with zero attached hydrogens (tertiary/aromatic N) is 3. The Kier molecular flexibility index (Phi) is 6.25. The van der Waals surface area contributed by atoms with Gasteiger partial charge in [0.15, 0.2) is 0 Å². The normalized spacial score (nSPS) is 18.6. The summed E-state index contributed by atoms with van der Waals surface area (Å²) in [7, 11) is 0. The minimum atomic E-state index is -0.0130. The van der Waals surface area contributed by atoms with Gasteiger partial charge in [0.05, 0.1) is 23.1 Å². The van der Waals surface area contributed by atoms with Gasteiger partial charge in [0.25, 0.3) is 5.91 Å². The maximum absolute atomic E-state index is 13.1. The van der Waals surface area contributed by atoms with Gasteiger partial charge in [-0.15, -0.1) is 12.4 Å². The topological polar surface area (TPSA) is 64.2 Å². The number of aryl methyl sites for hydroxylation is 1. The summed E-state index contributed by atoms with van der Waals surface area (Å²) in [4.78, 5) is 15.0. The van der Waals surface area contributed by atoms with Crippen LogP contribution in [0, 0.1) is 13.8 Å². The minimum absolute atomic E-state index is 0. The van der Waals surface area contributed by atoms with E-state index in [1.54, 1.807) is 6.20 Å². The number of hydrogen-bond donors (Lipinski definition) is 1. The van der Waals surface area contributed by atoms with Crippen LogP contribution in [0.25, 0.3) is 5.69 Å². The molecule has 0 saturated carbocycles. The van der Waals surface area contributed by atoms with Crippen LogP contribution >= 0.6 is 12.4 Å². The van der Waals surface area contributed by atoms with E-state index in [9.17, 15) is 4.79 Å². The molecule has 5 nitrogen and oxygen atoms in total. The fourth-order valence-corrected chi connectivity index (χ4v) is 3.57. The zero-order valence-corrected chi connectivity index (χ0v) is 15.9. The molecule has 0 radical (unpaired) electrons. The Morgan fingerprint density at radius 3 is 2.68 bits per heavy atom. The summed E-state index contributed by atoms with van der Waals surface area (Å²) in [5.74, 6) is 0.0503. The van der Waals surface area contributed by atoms with Gasteiger partial charge in [0.2, 0.25) is 0 Å². The van der Waals surface area contributed by atoms with Gasteiger partial charge >= 0.3 is 0 Å². The summed E-state index contributed by atoms with van der Waals surface area (Å²) in [5.41, 5.74) is 9.81. The minimum Gasteiger partial charge on any atom is -0.334 e. The van der Waals surface area contributed by atoms with E-state index >= 15 is 0 Å². The fraction of sp³-hybridized carbons (Fsp3) is 0.474. The van der Waals surface area contributed by atoms with Crippen LogP contribution in [0.2, 0.25) is 0 Å². The van der Waals surface area contributed by atoms with Crippen molar-refractivity contribution in [1.29, 1.82) is 0 Å². The van der Waals surface area contributed by atoms with E-state index in [4.69, 9.17) is 5.73 Å². The van der Waals surface area contributed by atoms with Crippen LogP contribution < -0.4 is 5.73 Å². The number of halogens is 1. The molecule has 1 fully saturated rings. The van der Waals surface area contributed by atoms with Gasteiger partial charge in [-0.2, -0.15) is 5.10 Å². The van der Waals surface area contributed by atoms with E-state index in [0.29, 0.717) is 5.56 Å². The quantitative estimate of drug-likeness (QED) is 0.911. The van der Waals surface area contributed by atoms with Crippen molar-refractivity contribution in [3.63, 3.8) is 0 Å². The number of rotatable bonds is 3. The van der Waals surface area contributed by atoms with Crippen molar-refractivity contribution in [3.8, 4) is 5.69 Å². The van der Waals surface area contributed by atoms with Crippen LogP contribution in [-0.4, -0.2) is 39.2 Å². The summed E-state index contributed by atoms with van der Waals surface area (Å²) in [6.07, 6.45) is 4.85. The molecule has 136 valence electrons. The van der Waals surface area contributed by atoms with Gasteiger partial charge in [-0.25, -0.2) is 4.68 Å². The smallest absolute Gasteiger partial charge is 0.257 e. The first-order chi connectivity index (χ1) is 11.5. The third kappa shape index (κ3) is 3.72. The number of likely N-dealkylation sites (tertiary alicyclic amines) is 1. The average molecular weight is 363 g/mol.